The highest BCUT2D eigenvalue weighted by Crippen LogP contribution is 2.23. The predicted molar refractivity (Wildman–Crippen MR) is 51.4 cm³/mol. The van der Waals surface area contributed by atoms with Crippen LogP contribution in [0.15, 0.2) is 6.07 Å². The summed E-state index contributed by atoms with van der Waals surface area (Å²) in [6.07, 6.45) is -4.33. The number of ketones is 1. The van der Waals surface area contributed by atoms with E-state index in [0.29, 0.717) is 5.69 Å². The van der Waals surface area contributed by atoms with Crippen LogP contribution in [0.4, 0.5) is 13.2 Å². The van der Waals surface area contributed by atoms with Gasteiger partial charge in [-0.3, -0.25) is 4.79 Å². The SMILES string of the molecule is Cc1cc(C(=O)CO)c(C)n1CC(F)(F)F. The second-order valence-corrected chi connectivity index (χ2v) is 3.57. The smallest absolute Gasteiger partial charge is 0.388 e. The number of hydrogen-bond donors (Lipinski definition) is 1. The number of alkyl halides is 3. The van der Waals surface area contributed by atoms with E-state index >= 15 is 0 Å². The van der Waals surface area contributed by atoms with E-state index in [1.54, 1.807) is 0 Å². The molecule has 3 nitrogen and oxygen atoms in total. The highest BCUT2D eigenvalue weighted by atomic mass is 19.4. The number of Topliss-reactive ketones (excluding diaryl/α,β-unsaturated/α-hetero) is 1. The number of aliphatic hydroxyl groups is 1. The molecule has 0 bridgehead atoms. The molecule has 0 aliphatic carbocycles. The van der Waals surface area contributed by atoms with Gasteiger partial charge in [-0.25, -0.2) is 0 Å². The molecule has 0 amide bonds. The van der Waals surface area contributed by atoms with Crippen molar-refractivity contribution >= 4 is 5.78 Å². The van der Waals surface area contributed by atoms with Crippen LogP contribution in [0.25, 0.3) is 0 Å². The van der Waals surface area contributed by atoms with Crippen LogP contribution < -0.4 is 0 Å². The number of halogens is 3. The van der Waals surface area contributed by atoms with E-state index in [1.807, 2.05) is 0 Å². The molecule has 1 N–H and O–H groups in total. The number of carbonyl (C=O) groups excluding carboxylic acids is 1. The van der Waals surface area contributed by atoms with Gasteiger partial charge in [0, 0.05) is 17.0 Å². The molecule has 0 spiro atoms. The zero-order valence-electron chi connectivity index (χ0n) is 8.93. The molecule has 90 valence electrons. The molecule has 0 aliphatic rings. The van der Waals surface area contributed by atoms with Gasteiger partial charge in [0.25, 0.3) is 0 Å². The van der Waals surface area contributed by atoms with Gasteiger partial charge in [-0.05, 0) is 19.9 Å². The third-order valence-corrected chi connectivity index (χ3v) is 2.36. The van der Waals surface area contributed by atoms with E-state index in [-0.39, 0.29) is 11.3 Å². The Hall–Kier alpha value is -1.30. The number of hydrogen-bond acceptors (Lipinski definition) is 2. The Balaban J connectivity index is 3.12. The van der Waals surface area contributed by atoms with Crippen LogP contribution in [-0.2, 0) is 6.54 Å². The fourth-order valence-corrected chi connectivity index (χ4v) is 1.59. The molecule has 0 saturated carbocycles. The highest BCUT2D eigenvalue weighted by molar-refractivity contribution is 5.98. The summed E-state index contributed by atoms with van der Waals surface area (Å²) in [5, 5.41) is 8.66. The Morgan fingerprint density at radius 3 is 2.44 bits per heavy atom. The monoisotopic (exact) mass is 235 g/mol. The first-order valence-corrected chi connectivity index (χ1v) is 4.64. The number of aryl methyl sites for hydroxylation is 1. The van der Waals surface area contributed by atoms with E-state index in [2.05, 4.69) is 0 Å². The van der Waals surface area contributed by atoms with Crippen LogP contribution in [-0.4, -0.2) is 28.2 Å². The number of aliphatic hydroxyl groups excluding tert-OH is 1. The molecule has 1 heterocycles. The minimum absolute atomic E-state index is 0.143. The fourth-order valence-electron chi connectivity index (χ4n) is 1.59. The Labute approximate surface area is 90.5 Å². The molecule has 1 aromatic rings. The largest absolute Gasteiger partial charge is 0.406 e. The van der Waals surface area contributed by atoms with Crippen molar-refractivity contribution in [2.24, 2.45) is 0 Å². The fraction of sp³-hybridized carbons (Fsp3) is 0.500. The lowest BCUT2D eigenvalue weighted by Crippen LogP contribution is -2.19. The maximum atomic E-state index is 12.2. The summed E-state index contributed by atoms with van der Waals surface area (Å²) in [5.41, 5.74) is 0.727. The van der Waals surface area contributed by atoms with E-state index < -0.39 is 25.1 Å². The molecule has 0 radical (unpaired) electrons. The maximum absolute atomic E-state index is 12.2. The van der Waals surface area contributed by atoms with Gasteiger partial charge in [0.05, 0.1) is 0 Å². The molecule has 0 fully saturated rings. The van der Waals surface area contributed by atoms with Crippen LogP contribution in [0, 0.1) is 13.8 Å². The molecule has 0 atom stereocenters. The standard InChI is InChI=1S/C10H12F3NO2/c1-6-3-8(9(16)4-15)7(2)14(6)5-10(11,12)13/h3,15H,4-5H2,1-2H3. The lowest BCUT2D eigenvalue weighted by atomic mass is 10.2. The molecular formula is C10H12F3NO2. The van der Waals surface area contributed by atoms with E-state index in [9.17, 15) is 18.0 Å². The van der Waals surface area contributed by atoms with Crippen molar-refractivity contribution in [2.75, 3.05) is 6.61 Å². The molecule has 16 heavy (non-hydrogen) atoms. The summed E-state index contributed by atoms with van der Waals surface area (Å²) in [5.74, 6) is -0.568. The second kappa shape index (κ2) is 4.29. The van der Waals surface area contributed by atoms with Gasteiger partial charge in [0.1, 0.15) is 13.2 Å². The molecule has 0 aromatic carbocycles. The number of nitrogens with zero attached hydrogens (tertiary/aromatic N) is 1. The van der Waals surface area contributed by atoms with Gasteiger partial charge < -0.3 is 9.67 Å². The van der Waals surface area contributed by atoms with E-state index in [4.69, 9.17) is 5.11 Å². The first-order valence-electron chi connectivity index (χ1n) is 4.64. The van der Waals surface area contributed by atoms with Crippen molar-refractivity contribution in [2.45, 2.75) is 26.6 Å². The van der Waals surface area contributed by atoms with Gasteiger partial charge in [-0.1, -0.05) is 0 Å². The van der Waals surface area contributed by atoms with Gasteiger partial charge in [0.15, 0.2) is 5.78 Å². The van der Waals surface area contributed by atoms with Crippen LogP contribution in [0.1, 0.15) is 21.7 Å². The molecule has 1 rings (SSSR count). The molecule has 0 saturated heterocycles. The summed E-state index contributed by atoms with van der Waals surface area (Å²) >= 11 is 0. The van der Waals surface area contributed by atoms with Crippen molar-refractivity contribution in [1.29, 1.82) is 0 Å². The van der Waals surface area contributed by atoms with Crippen molar-refractivity contribution < 1.29 is 23.1 Å². The van der Waals surface area contributed by atoms with Crippen molar-refractivity contribution in [1.82, 2.24) is 4.57 Å². The van der Waals surface area contributed by atoms with Crippen LogP contribution >= 0.6 is 0 Å². The van der Waals surface area contributed by atoms with Gasteiger partial charge in [-0.2, -0.15) is 13.2 Å². The summed E-state index contributed by atoms with van der Waals surface area (Å²) < 4.78 is 37.7. The normalized spacial score (nSPS) is 11.9. The second-order valence-electron chi connectivity index (χ2n) is 3.57. The quantitative estimate of drug-likeness (QED) is 0.812. The minimum Gasteiger partial charge on any atom is -0.388 e. The Morgan fingerprint density at radius 1 is 1.44 bits per heavy atom. The van der Waals surface area contributed by atoms with Crippen molar-refractivity contribution in [3.8, 4) is 0 Å². The summed E-state index contributed by atoms with van der Waals surface area (Å²) in [6.45, 7) is 1.11. The molecule has 0 aliphatic heterocycles. The average Bonchev–Trinajstić information content (AvgIpc) is 2.42. The minimum atomic E-state index is -4.33. The van der Waals surface area contributed by atoms with Crippen molar-refractivity contribution in [3.63, 3.8) is 0 Å². The van der Waals surface area contributed by atoms with Gasteiger partial charge in [0.2, 0.25) is 0 Å². The molecule has 0 unspecified atom stereocenters. The third kappa shape index (κ3) is 2.63. The van der Waals surface area contributed by atoms with Gasteiger partial charge >= 0.3 is 6.18 Å². The lowest BCUT2D eigenvalue weighted by Gasteiger charge is -2.12. The Kier molecular flexibility index (Phi) is 3.42. The summed E-state index contributed by atoms with van der Waals surface area (Å²) in [6, 6.07) is 1.36. The lowest BCUT2D eigenvalue weighted by molar-refractivity contribution is -0.141. The van der Waals surface area contributed by atoms with Crippen LogP contribution in [0.2, 0.25) is 0 Å². The zero-order valence-corrected chi connectivity index (χ0v) is 8.93. The summed E-state index contributed by atoms with van der Waals surface area (Å²) in [4.78, 5) is 11.2. The number of aromatic nitrogens is 1. The summed E-state index contributed by atoms with van der Waals surface area (Å²) in [7, 11) is 0. The van der Waals surface area contributed by atoms with Crippen molar-refractivity contribution in [3.05, 3.63) is 23.0 Å². The first-order chi connectivity index (χ1) is 7.26. The molecule has 6 heteroatoms. The molecule has 1 aromatic heterocycles. The van der Waals surface area contributed by atoms with Crippen LogP contribution in [0.3, 0.4) is 0 Å². The highest BCUT2D eigenvalue weighted by Gasteiger charge is 2.30. The van der Waals surface area contributed by atoms with E-state index in [1.165, 1.54) is 19.9 Å². The average molecular weight is 235 g/mol. The molecular weight excluding hydrogens is 223 g/mol. The predicted octanol–water partition coefficient (Wildman–Crippen LogP) is 1.84. The topological polar surface area (TPSA) is 42.2 Å². The van der Waals surface area contributed by atoms with Gasteiger partial charge in [-0.15, -0.1) is 0 Å². The number of carbonyl (C=O) groups is 1. The first kappa shape index (κ1) is 12.8. The Bertz CT molecular complexity index is 407. The maximum Gasteiger partial charge on any atom is 0.406 e. The zero-order chi connectivity index (χ0) is 12.5. The Morgan fingerprint density at radius 2 is 2.00 bits per heavy atom. The van der Waals surface area contributed by atoms with Crippen LogP contribution in [0.5, 0.6) is 0 Å². The third-order valence-electron chi connectivity index (χ3n) is 2.36. The van der Waals surface area contributed by atoms with E-state index in [0.717, 1.165) is 4.57 Å². The number of rotatable bonds is 3.